The molecule has 0 unspecified atom stereocenters. The van der Waals surface area contributed by atoms with Crippen molar-refractivity contribution < 1.29 is 13.9 Å². The molecule has 0 bridgehead atoms. The fourth-order valence-corrected chi connectivity index (χ4v) is 2.15. The normalized spacial score (nSPS) is 10.9. The summed E-state index contributed by atoms with van der Waals surface area (Å²) in [6, 6.07) is 11.1. The number of methoxy groups -OCH3 is 1. The highest BCUT2D eigenvalue weighted by Gasteiger charge is 2.09. The van der Waals surface area contributed by atoms with Gasteiger partial charge in [0.05, 0.1) is 19.2 Å². The Balaban J connectivity index is 2.03. The zero-order chi connectivity index (χ0) is 15.9. The Morgan fingerprint density at radius 1 is 1.23 bits per heavy atom. The predicted octanol–water partition coefficient (Wildman–Crippen LogP) is 2.38. The second kappa shape index (κ2) is 7.77. The largest absolute Gasteiger partial charge is 0.465 e. The van der Waals surface area contributed by atoms with Crippen LogP contribution >= 0.6 is 0 Å². The first-order valence-corrected chi connectivity index (χ1v) is 7.24. The Kier molecular flexibility index (Phi) is 5.75. The minimum Gasteiger partial charge on any atom is -0.465 e. The molecule has 0 atom stereocenters. The van der Waals surface area contributed by atoms with Crippen molar-refractivity contribution in [2.45, 2.75) is 6.54 Å². The van der Waals surface area contributed by atoms with Gasteiger partial charge in [0.25, 0.3) is 0 Å². The number of nitrogens with one attached hydrogen (secondary N) is 1. The number of carbonyl (C=O) groups is 1. The number of benzene rings is 1. The maximum absolute atomic E-state index is 11.4. The quantitative estimate of drug-likeness (QED) is 0.796. The second-order valence-corrected chi connectivity index (χ2v) is 5.18. The van der Waals surface area contributed by atoms with E-state index in [1.807, 2.05) is 31.3 Å². The molecule has 0 spiro atoms. The molecule has 118 valence electrons. The first-order chi connectivity index (χ1) is 10.6. The molecule has 5 heteroatoms. The van der Waals surface area contributed by atoms with E-state index in [9.17, 15) is 4.79 Å². The first kappa shape index (κ1) is 16.3. The lowest BCUT2D eigenvalue weighted by Gasteiger charge is -2.14. The average Bonchev–Trinajstić information content (AvgIpc) is 3.00. The highest BCUT2D eigenvalue weighted by Crippen LogP contribution is 2.23. The van der Waals surface area contributed by atoms with Gasteiger partial charge in [-0.25, -0.2) is 4.79 Å². The van der Waals surface area contributed by atoms with Gasteiger partial charge in [-0.05, 0) is 38.4 Å². The Labute approximate surface area is 130 Å². The van der Waals surface area contributed by atoms with Crippen molar-refractivity contribution in [1.29, 1.82) is 0 Å². The van der Waals surface area contributed by atoms with E-state index in [2.05, 4.69) is 22.0 Å². The van der Waals surface area contributed by atoms with Crippen molar-refractivity contribution in [2.24, 2.45) is 0 Å². The van der Waals surface area contributed by atoms with E-state index in [0.29, 0.717) is 5.56 Å². The topological polar surface area (TPSA) is 54.7 Å². The molecule has 1 aromatic heterocycles. The lowest BCUT2D eigenvalue weighted by atomic mass is 10.1. The van der Waals surface area contributed by atoms with Crippen LogP contribution in [-0.4, -0.2) is 45.2 Å². The van der Waals surface area contributed by atoms with Gasteiger partial charge in [-0.3, -0.25) is 4.90 Å². The van der Waals surface area contributed by atoms with E-state index in [1.54, 1.807) is 12.1 Å². The molecule has 0 amide bonds. The molecule has 0 fully saturated rings. The van der Waals surface area contributed by atoms with Crippen LogP contribution in [0.25, 0.3) is 11.3 Å². The molecule has 5 nitrogen and oxygen atoms in total. The van der Waals surface area contributed by atoms with Crippen LogP contribution in [0.1, 0.15) is 16.1 Å². The minimum absolute atomic E-state index is 0.335. The zero-order valence-electron chi connectivity index (χ0n) is 13.3. The van der Waals surface area contributed by atoms with Crippen molar-refractivity contribution in [1.82, 2.24) is 10.2 Å². The summed E-state index contributed by atoms with van der Waals surface area (Å²) in [6.45, 7) is 2.67. The smallest absolute Gasteiger partial charge is 0.337 e. The third-order valence-corrected chi connectivity index (χ3v) is 3.42. The summed E-state index contributed by atoms with van der Waals surface area (Å²) >= 11 is 0. The standard InChI is InChI=1S/C17H22N2O3/c1-18-10-11-19(2)12-15-8-9-16(22-15)13-4-6-14(7-5-13)17(20)21-3/h4-9,18H,10-12H2,1-3H3. The van der Waals surface area contributed by atoms with E-state index >= 15 is 0 Å². The Morgan fingerprint density at radius 3 is 2.59 bits per heavy atom. The van der Waals surface area contributed by atoms with Crippen molar-refractivity contribution in [3.63, 3.8) is 0 Å². The molecule has 1 N–H and O–H groups in total. The molecule has 0 aliphatic heterocycles. The maximum atomic E-state index is 11.4. The minimum atomic E-state index is -0.335. The van der Waals surface area contributed by atoms with Crippen molar-refractivity contribution in [3.8, 4) is 11.3 Å². The van der Waals surface area contributed by atoms with Crippen LogP contribution in [0.2, 0.25) is 0 Å². The summed E-state index contributed by atoms with van der Waals surface area (Å²) in [7, 11) is 5.38. The summed E-state index contributed by atoms with van der Waals surface area (Å²) < 4.78 is 10.6. The number of hydrogen-bond acceptors (Lipinski definition) is 5. The van der Waals surface area contributed by atoms with Crippen molar-refractivity contribution in [3.05, 3.63) is 47.7 Å². The highest BCUT2D eigenvalue weighted by atomic mass is 16.5. The molecule has 0 radical (unpaired) electrons. The zero-order valence-corrected chi connectivity index (χ0v) is 13.3. The molecule has 0 saturated carbocycles. The van der Waals surface area contributed by atoms with Crippen LogP contribution in [-0.2, 0) is 11.3 Å². The fourth-order valence-electron chi connectivity index (χ4n) is 2.15. The molecule has 1 aromatic carbocycles. The fraction of sp³-hybridized carbons (Fsp3) is 0.353. The summed E-state index contributed by atoms with van der Waals surface area (Å²) in [5.41, 5.74) is 1.47. The number of ether oxygens (including phenoxy) is 1. The van der Waals surface area contributed by atoms with Gasteiger partial charge in [0.2, 0.25) is 0 Å². The number of esters is 1. The molecular weight excluding hydrogens is 280 g/mol. The molecule has 0 aliphatic rings. The summed E-state index contributed by atoms with van der Waals surface area (Å²) in [5, 5.41) is 3.12. The molecule has 2 rings (SSSR count). The van der Waals surface area contributed by atoms with Gasteiger partial charge < -0.3 is 14.5 Å². The summed E-state index contributed by atoms with van der Waals surface area (Å²) in [5.74, 6) is 1.39. The summed E-state index contributed by atoms with van der Waals surface area (Å²) in [6.07, 6.45) is 0. The van der Waals surface area contributed by atoms with Crippen LogP contribution in [0.3, 0.4) is 0 Å². The third kappa shape index (κ3) is 4.19. The molecule has 1 heterocycles. The SMILES string of the molecule is CNCCN(C)Cc1ccc(-c2ccc(C(=O)OC)cc2)o1. The number of rotatable bonds is 7. The molecule has 0 aliphatic carbocycles. The van der Waals surface area contributed by atoms with Gasteiger partial charge in [0, 0.05) is 18.7 Å². The van der Waals surface area contributed by atoms with Crippen molar-refractivity contribution >= 4 is 5.97 Å². The number of nitrogens with zero attached hydrogens (tertiary/aromatic N) is 1. The Morgan fingerprint density at radius 2 is 1.95 bits per heavy atom. The summed E-state index contributed by atoms with van der Waals surface area (Å²) in [4.78, 5) is 13.6. The molecule has 22 heavy (non-hydrogen) atoms. The van der Waals surface area contributed by atoms with Gasteiger partial charge in [-0.1, -0.05) is 12.1 Å². The lowest BCUT2D eigenvalue weighted by Crippen LogP contribution is -2.26. The number of likely N-dealkylation sites (N-methyl/N-ethyl adjacent to an activating group) is 2. The monoisotopic (exact) mass is 302 g/mol. The third-order valence-electron chi connectivity index (χ3n) is 3.42. The second-order valence-electron chi connectivity index (χ2n) is 5.18. The van der Waals surface area contributed by atoms with E-state index < -0.39 is 0 Å². The van der Waals surface area contributed by atoms with Gasteiger partial charge in [-0.2, -0.15) is 0 Å². The maximum Gasteiger partial charge on any atom is 0.337 e. The Hall–Kier alpha value is -2.11. The van der Waals surface area contributed by atoms with E-state index in [-0.39, 0.29) is 5.97 Å². The van der Waals surface area contributed by atoms with Gasteiger partial charge in [-0.15, -0.1) is 0 Å². The van der Waals surface area contributed by atoms with Crippen LogP contribution in [0.4, 0.5) is 0 Å². The van der Waals surface area contributed by atoms with Crippen LogP contribution in [0.15, 0.2) is 40.8 Å². The van der Waals surface area contributed by atoms with Gasteiger partial charge in [0.15, 0.2) is 0 Å². The van der Waals surface area contributed by atoms with Crippen LogP contribution < -0.4 is 5.32 Å². The molecule has 2 aromatic rings. The number of hydrogen-bond donors (Lipinski definition) is 1. The molecular formula is C17H22N2O3. The van der Waals surface area contributed by atoms with Crippen molar-refractivity contribution in [2.75, 3.05) is 34.3 Å². The Bertz CT molecular complexity index is 605. The number of furan rings is 1. The number of carbonyl (C=O) groups excluding carboxylic acids is 1. The van der Waals surface area contributed by atoms with Crippen LogP contribution in [0, 0.1) is 0 Å². The van der Waals surface area contributed by atoms with E-state index in [4.69, 9.17) is 4.42 Å². The average molecular weight is 302 g/mol. The van der Waals surface area contributed by atoms with E-state index in [1.165, 1.54) is 7.11 Å². The first-order valence-electron chi connectivity index (χ1n) is 7.24. The van der Waals surface area contributed by atoms with Crippen LogP contribution in [0.5, 0.6) is 0 Å². The highest BCUT2D eigenvalue weighted by molar-refractivity contribution is 5.89. The lowest BCUT2D eigenvalue weighted by molar-refractivity contribution is 0.0600. The predicted molar refractivity (Wildman–Crippen MR) is 85.7 cm³/mol. The van der Waals surface area contributed by atoms with E-state index in [0.717, 1.165) is 36.7 Å². The van der Waals surface area contributed by atoms with Gasteiger partial charge >= 0.3 is 5.97 Å². The van der Waals surface area contributed by atoms with Gasteiger partial charge in [0.1, 0.15) is 11.5 Å². The molecule has 0 saturated heterocycles.